The lowest BCUT2D eigenvalue weighted by Crippen LogP contribution is -2.44. The average Bonchev–Trinajstić information content (AvgIpc) is 3.07. The summed E-state index contributed by atoms with van der Waals surface area (Å²) in [5, 5.41) is 8.25. The van der Waals surface area contributed by atoms with Gasteiger partial charge >= 0.3 is 0 Å². The van der Waals surface area contributed by atoms with Crippen molar-refractivity contribution in [3.8, 4) is 11.8 Å². The van der Waals surface area contributed by atoms with Gasteiger partial charge in [-0.1, -0.05) is 11.6 Å². The molecule has 1 aliphatic heterocycles. The molecule has 2 unspecified atom stereocenters. The molecule has 4 aromatic rings. The highest BCUT2D eigenvalue weighted by molar-refractivity contribution is 6.29. The summed E-state index contributed by atoms with van der Waals surface area (Å²) in [5.74, 6) is 0.614. The van der Waals surface area contributed by atoms with E-state index in [0.29, 0.717) is 35.2 Å². The lowest BCUT2D eigenvalue weighted by molar-refractivity contribution is 0.0906. The summed E-state index contributed by atoms with van der Waals surface area (Å²) in [6, 6.07) is 8.44. The van der Waals surface area contributed by atoms with Gasteiger partial charge in [0, 0.05) is 30.7 Å². The fourth-order valence-corrected chi connectivity index (χ4v) is 3.80. The Hall–Kier alpha value is -3.43. The van der Waals surface area contributed by atoms with E-state index in [9.17, 15) is 4.79 Å². The molecule has 0 bridgehead atoms. The molecule has 0 saturated carbocycles. The standard InChI is InChI=1S/C21H18ClN5O4/c1-10-13(8-29-2)27-19-18-11-3-6-16(31-17-7-15(22)23-9-24-17)26-12(11)4-5-14(18)30-20(19)21(28)25-10/h3-7,9-10,13,27H,8H2,1-2H3,(H,25,28). The van der Waals surface area contributed by atoms with Crippen molar-refractivity contribution in [3.63, 3.8) is 0 Å². The fraction of sp³-hybridized carbons (Fsp3) is 0.238. The van der Waals surface area contributed by atoms with Crippen LogP contribution in [-0.4, -0.2) is 46.7 Å². The molecule has 4 heterocycles. The summed E-state index contributed by atoms with van der Waals surface area (Å²) in [6.07, 6.45) is 1.32. The van der Waals surface area contributed by atoms with E-state index in [1.54, 1.807) is 19.2 Å². The first-order valence-electron chi connectivity index (χ1n) is 9.61. The number of methoxy groups -OCH3 is 1. The summed E-state index contributed by atoms with van der Waals surface area (Å²) in [7, 11) is 1.63. The van der Waals surface area contributed by atoms with E-state index >= 15 is 0 Å². The Balaban J connectivity index is 1.61. The number of aromatic nitrogens is 3. The largest absolute Gasteiger partial charge is 0.449 e. The molecule has 2 atom stereocenters. The summed E-state index contributed by atoms with van der Waals surface area (Å²) in [5.41, 5.74) is 1.89. The number of carbonyl (C=O) groups excluding carboxylic acids is 1. The molecule has 10 heteroatoms. The van der Waals surface area contributed by atoms with Crippen LogP contribution < -0.4 is 15.4 Å². The molecule has 158 valence electrons. The number of pyridine rings is 1. The van der Waals surface area contributed by atoms with Crippen LogP contribution in [0.15, 0.2) is 41.1 Å². The molecule has 0 fully saturated rings. The molecule has 9 nitrogen and oxygen atoms in total. The zero-order valence-electron chi connectivity index (χ0n) is 16.7. The predicted molar refractivity (Wildman–Crippen MR) is 115 cm³/mol. The van der Waals surface area contributed by atoms with Crippen LogP contribution in [0.5, 0.6) is 11.8 Å². The Morgan fingerprint density at radius 2 is 2.03 bits per heavy atom. The second kappa shape index (κ2) is 7.68. The van der Waals surface area contributed by atoms with Gasteiger partial charge in [0.15, 0.2) is 0 Å². The van der Waals surface area contributed by atoms with Gasteiger partial charge in [-0.05, 0) is 25.1 Å². The minimum Gasteiger partial charge on any atom is -0.449 e. The van der Waals surface area contributed by atoms with Gasteiger partial charge in [0.2, 0.25) is 17.5 Å². The first-order valence-corrected chi connectivity index (χ1v) is 9.99. The number of furan rings is 1. The van der Waals surface area contributed by atoms with E-state index in [1.807, 2.05) is 19.1 Å². The third-order valence-electron chi connectivity index (χ3n) is 5.16. The maximum absolute atomic E-state index is 12.7. The average molecular weight is 440 g/mol. The third kappa shape index (κ3) is 3.51. The molecule has 3 aromatic heterocycles. The first kappa shape index (κ1) is 19.5. The van der Waals surface area contributed by atoms with Crippen LogP contribution in [0.3, 0.4) is 0 Å². The fourth-order valence-electron chi connectivity index (χ4n) is 3.67. The van der Waals surface area contributed by atoms with Gasteiger partial charge in [-0.25, -0.2) is 15.0 Å². The van der Waals surface area contributed by atoms with Gasteiger partial charge < -0.3 is 24.5 Å². The van der Waals surface area contributed by atoms with Crippen molar-refractivity contribution in [2.24, 2.45) is 0 Å². The van der Waals surface area contributed by atoms with Crippen molar-refractivity contribution in [3.05, 3.63) is 47.6 Å². The van der Waals surface area contributed by atoms with E-state index in [4.69, 9.17) is 25.5 Å². The highest BCUT2D eigenvalue weighted by Gasteiger charge is 2.31. The molecule has 0 saturated heterocycles. The Morgan fingerprint density at radius 1 is 1.16 bits per heavy atom. The Labute approximate surface area is 181 Å². The Morgan fingerprint density at radius 3 is 2.84 bits per heavy atom. The first-order chi connectivity index (χ1) is 15.0. The van der Waals surface area contributed by atoms with Gasteiger partial charge in [-0.3, -0.25) is 4.79 Å². The number of hydrogen-bond acceptors (Lipinski definition) is 8. The maximum atomic E-state index is 12.7. The summed E-state index contributed by atoms with van der Waals surface area (Å²) >= 11 is 5.89. The lowest BCUT2D eigenvalue weighted by Gasteiger charge is -2.22. The highest BCUT2D eigenvalue weighted by Crippen LogP contribution is 2.38. The molecular formula is C21H18ClN5O4. The molecule has 1 amide bonds. The molecule has 5 rings (SSSR count). The zero-order chi connectivity index (χ0) is 21.5. The summed E-state index contributed by atoms with van der Waals surface area (Å²) in [4.78, 5) is 25.1. The third-order valence-corrected chi connectivity index (χ3v) is 5.37. The summed E-state index contributed by atoms with van der Waals surface area (Å²) < 4.78 is 16.9. The van der Waals surface area contributed by atoms with Crippen molar-refractivity contribution >= 4 is 45.1 Å². The minimum absolute atomic E-state index is 0.121. The number of amides is 1. The van der Waals surface area contributed by atoms with Crippen LogP contribution in [-0.2, 0) is 4.74 Å². The number of ether oxygens (including phenoxy) is 2. The Kier molecular flexibility index (Phi) is 4.84. The Bertz CT molecular complexity index is 1310. The predicted octanol–water partition coefficient (Wildman–Crippen LogP) is 3.78. The monoisotopic (exact) mass is 439 g/mol. The molecule has 0 spiro atoms. The van der Waals surface area contributed by atoms with Crippen LogP contribution in [0.25, 0.3) is 21.9 Å². The molecular weight excluding hydrogens is 422 g/mol. The van der Waals surface area contributed by atoms with E-state index in [2.05, 4.69) is 25.6 Å². The van der Waals surface area contributed by atoms with Gasteiger partial charge in [-0.2, -0.15) is 0 Å². The second-order valence-corrected chi connectivity index (χ2v) is 7.60. The van der Waals surface area contributed by atoms with Crippen molar-refractivity contribution in [1.82, 2.24) is 20.3 Å². The van der Waals surface area contributed by atoms with Gasteiger partial charge in [0.1, 0.15) is 17.1 Å². The maximum Gasteiger partial charge on any atom is 0.289 e. The molecule has 31 heavy (non-hydrogen) atoms. The van der Waals surface area contributed by atoms with Crippen LogP contribution >= 0.6 is 11.6 Å². The number of carbonyl (C=O) groups is 1. The van der Waals surface area contributed by atoms with E-state index < -0.39 is 0 Å². The number of nitrogens with zero attached hydrogens (tertiary/aromatic N) is 3. The number of nitrogens with one attached hydrogen (secondary N) is 2. The van der Waals surface area contributed by atoms with Crippen LogP contribution in [0.4, 0.5) is 5.69 Å². The smallest absolute Gasteiger partial charge is 0.289 e. The van der Waals surface area contributed by atoms with Crippen LogP contribution in [0, 0.1) is 0 Å². The molecule has 0 radical (unpaired) electrons. The number of rotatable bonds is 4. The zero-order valence-corrected chi connectivity index (χ0v) is 17.4. The SMILES string of the molecule is COCC1Nc2c(oc3ccc4nc(Oc5cc(Cl)ncn5)ccc4c23)C(=O)NC1C. The quantitative estimate of drug-likeness (QED) is 0.462. The lowest BCUT2D eigenvalue weighted by atomic mass is 10.1. The summed E-state index contributed by atoms with van der Waals surface area (Å²) in [6.45, 7) is 2.35. The molecule has 1 aromatic carbocycles. The van der Waals surface area contributed by atoms with Crippen molar-refractivity contribution in [1.29, 1.82) is 0 Å². The van der Waals surface area contributed by atoms with Crippen molar-refractivity contribution < 1.29 is 18.7 Å². The van der Waals surface area contributed by atoms with Crippen molar-refractivity contribution in [2.75, 3.05) is 19.0 Å². The number of anilines is 1. The van der Waals surface area contributed by atoms with E-state index in [0.717, 1.165) is 10.8 Å². The van der Waals surface area contributed by atoms with Gasteiger partial charge in [0.25, 0.3) is 5.91 Å². The molecule has 1 aliphatic rings. The number of benzene rings is 1. The number of fused-ring (bicyclic) bond motifs is 5. The highest BCUT2D eigenvalue weighted by atomic mass is 35.5. The van der Waals surface area contributed by atoms with E-state index in [1.165, 1.54) is 12.4 Å². The minimum atomic E-state index is -0.272. The molecule has 0 aliphatic carbocycles. The number of halogens is 1. The van der Waals surface area contributed by atoms with Gasteiger partial charge in [0.05, 0.1) is 29.2 Å². The van der Waals surface area contributed by atoms with E-state index in [-0.39, 0.29) is 28.9 Å². The van der Waals surface area contributed by atoms with Crippen LogP contribution in [0.2, 0.25) is 5.15 Å². The molecule has 2 N–H and O–H groups in total. The van der Waals surface area contributed by atoms with Gasteiger partial charge in [-0.15, -0.1) is 0 Å². The normalized spacial score (nSPS) is 18.4. The van der Waals surface area contributed by atoms with Crippen molar-refractivity contribution in [2.45, 2.75) is 19.0 Å². The second-order valence-electron chi connectivity index (χ2n) is 7.21. The topological polar surface area (TPSA) is 111 Å². The van der Waals surface area contributed by atoms with Crippen LogP contribution in [0.1, 0.15) is 17.5 Å². The number of hydrogen-bond donors (Lipinski definition) is 2.